The maximum Gasteiger partial charge on any atom is 0.320 e. The Morgan fingerprint density at radius 3 is 2.38 bits per heavy atom. The lowest BCUT2D eigenvalue weighted by atomic mass is 9.88. The highest BCUT2D eigenvalue weighted by molar-refractivity contribution is 5.95. The molecule has 0 aliphatic heterocycles. The molecule has 0 amide bonds. The molecule has 1 unspecified atom stereocenters. The fourth-order valence-corrected chi connectivity index (χ4v) is 1.74. The minimum atomic E-state index is -0.855. The first kappa shape index (κ1) is 12.5. The van der Waals surface area contributed by atoms with Gasteiger partial charge in [0.1, 0.15) is 0 Å². The van der Waals surface area contributed by atoms with Gasteiger partial charge in [0.05, 0.1) is 14.2 Å². The lowest BCUT2D eigenvalue weighted by Gasteiger charge is -2.19. The van der Waals surface area contributed by atoms with E-state index in [0.717, 1.165) is 12.8 Å². The largest absolute Gasteiger partial charge is 0.468 e. The molecule has 1 aliphatic rings. The van der Waals surface area contributed by atoms with Crippen molar-refractivity contribution in [2.45, 2.75) is 12.8 Å². The number of rotatable bonds is 3. The van der Waals surface area contributed by atoms with Crippen molar-refractivity contribution in [3.8, 4) is 0 Å². The third-order valence-corrected chi connectivity index (χ3v) is 2.61. The molecule has 0 aromatic rings. The minimum Gasteiger partial charge on any atom is -0.468 e. The van der Waals surface area contributed by atoms with Crippen LogP contribution < -0.4 is 0 Å². The summed E-state index contributed by atoms with van der Waals surface area (Å²) < 4.78 is 9.27. The molecule has 1 rings (SSSR count). The highest BCUT2D eigenvalue weighted by Gasteiger charge is 2.35. The van der Waals surface area contributed by atoms with Crippen LogP contribution in [0.25, 0.3) is 0 Å². The smallest absolute Gasteiger partial charge is 0.320 e. The molecular weight excluding hydrogens is 208 g/mol. The minimum absolute atomic E-state index is 0.158. The molecule has 16 heavy (non-hydrogen) atoms. The van der Waals surface area contributed by atoms with Crippen LogP contribution in [-0.4, -0.2) is 26.2 Å². The van der Waals surface area contributed by atoms with E-state index < -0.39 is 17.9 Å². The zero-order valence-electron chi connectivity index (χ0n) is 9.51. The van der Waals surface area contributed by atoms with Gasteiger partial charge in [0, 0.05) is 5.92 Å². The Bertz CT molecular complexity index is 301. The highest BCUT2D eigenvalue weighted by atomic mass is 16.5. The van der Waals surface area contributed by atoms with E-state index in [0.29, 0.717) is 0 Å². The average molecular weight is 224 g/mol. The number of allylic oxidation sites excluding steroid dienone is 4. The van der Waals surface area contributed by atoms with Gasteiger partial charge in [-0.15, -0.1) is 0 Å². The molecular formula is C12H16O4. The van der Waals surface area contributed by atoms with Crippen LogP contribution in [0.2, 0.25) is 0 Å². The Kier molecular flexibility index (Phi) is 4.76. The van der Waals surface area contributed by atoms with E-state index in [1.165, 1.54) is 14.2 Å². The van der Waals surface area contributed by atoms with E-state index in [-0.39, 0.29) is 5.92 Å². The Morgan fingerprint density at radius 2 is 1.81 bits per heavy atom. The van der Waals surface area contributed by atoms with Gasteiger partial charge in [0.15, 0.2) is 5.92 Å². The van der Waals surface area contributed by atoms with Crippen LogP contribution in [0.1, 0.15) is 12.8 Å². The number of hydrogen-bond donors (Lipinski definition) is 0. The lowest BCUT2D eigenvalue weighted by molar-refractivity contribution is -0.160. The molecule has 4 heteroatoms. The van der Waals surface area contributed by atoms with Gasteiger partial charge in [-0.2, -0.15) is 0 Å². The second-order valence-corrected chi connectivity index (χ2v) is 3.58. The molecule has 0 saturated carbocycles. The predicted octanol–water partition coefficient (Wildman–Crippen LogP) is 1.47. The standard InChI is InChI=1S/C12H16O4/c1-15-11(13)10(12(14)16-2)9-7-5-3-4-6-8-9/h3-5,7,9-10H,6,8H2,1-2H3. The van der Waals surface area contributed by atoms with Gasteiger partial charge >= 0.3 is 11.9 Å². The van der Waals surface area contributed by atoms with E-state index >= 15 is 0 Å². The van der Waals surface area contributed by atoms with E-state index in [9.17, 15) is 9.59 Å². The van der Waals surface area contributed by atoms with Gasteiger partial charge < -0.3 is 9.47 Å². The molecule has 1 aliphatic carbocycles. The second kappa shape index (κ2) is 6.10. The summed E-state index contributed by atoms with van der Waals surface area (Å²) in [6.45, 7) is 0. The summed E-state index contributed by atoms with van der Waals surface area (Å²) in [5.74, 6) is -2.09. The summed E-state index contributed by atoms with van der Waals surface area (Å²) in [4.78, 5) is 23.1. The summed E-state index contributed by atoms with van der Waals surface area (Å²) in [6, 6.07) is 0. The van der Waals surface area contributed by atoms with Crippen LogP contribution in [0.4, 0.5) is 0 Å². The summed E-state index contributed by atoms with van der Waals surface area (Å²) in [5, 5.41) is 0. The van der Waals surface area contributed by atoms with Crippen molar-refractivity contribution in [1.82, 2.24) is 0 Å². The summed E-state index contributed by atoms with van der Waals surface area (Å²) >= 11 is 0. The van der Waals surface area contributed by atoms with Crippen LogP contribution in [0.15, 0.2) is 24.3 Å². The zero-order valence-corrected chi connectivity index (χ0v) is 9.51. The summed E-state index contributed by atoms with van der Waals surface area (Å²) in [6.07, 6.45) is 9.18. The predicted molar refractivity (Wildman–Crippen MR) is 58.5 cm³/mol. The van der Waals surface area contributed by atoms with Crippen LogP contribution >= 0.6 is 0 Å². The first-order valence-electron chi connectivity index (χ1n) is 5.19. The number of methoxy groups -OCH3 is 2. The number of esters is 2. The molecule has 0 aromatic heterocycles. The van der Waals surface area contributed by atoms with Crippen molar-refractivity contribution in [3.05, 3.63) is 24.3 Å². The number of ether oxygens (including phenoxy) is 2. The second-order valence-electron chi connectivity index (χ2n) is 3.58. The van der Waals surface area contributed by atoms with E-state index in [1.54, 1.807) is 0 Å². The van der Waals surface area contributed by atoms with Crippen molar-refractivity contribution < 1.29 is 19.1 Å². The number of hydrogen-bond acceptors (Lipinski definition) is 4. The van der Waals surface area contributed by atoms with Crippen LogP contribution in [0.5, 0.6) is 0 Å². The summed E-state index contributed by atoms with van der Waals surface area (Å²) in [5.41, 5.74) is 0. The first-order valence-corrected chi connectivity index (χ1v) is 5.19. The van der Waals surface area contributed by atoms with Crippen molar-refractivity contribution in [1.29, 1.82) is 0 Å². The molecule has 0 saturated heterocycles. The number of carbonyl (C=O) groups is 2. The van der Waals surface area contributed by atoms with Crippen molar-refractivity contribution in [3.63, 3.8) is 0 Å². The average Bonchev–Trinajstić information content (AvgIpc) is 2.57. The first-order chi connectivity index (χ1) is 7.70. The highest BCUT2D eigenvalue weighted by Crippen LogP contribution is 2.24. The number of carbonyl (C=O) groups excluding carboxylic acids is 2. The molecule has 88 valence electrons. The SMILES string of the molecule is COC(=O)C(C(=O)OC)C1C=CC=CCC1. The Labute approximate surface area is 94.9 Å². The van der Waals surface area contributed by atoms with E-state index in [4.69, 9.17) is 0 Å². The maximum absolute atomic E-state index is 11.5. The fourth-order valence-electron chi connectivity index (χ4n) is 1.74. The van der Waals surface area contributed by atoms with Crippen LogP contribution in [0.3, 0.4) is 0 Å². The lowest BCUT2D eigenvalue weighted by Crippen LogP contribution is -2.32. The third kappa shape index (κ3) is 2.95. The van der Waals surface area contributed by atoms with Crippen LogP contribution in [0, 0.1) is 11.8 Å². The van der Waals surface area contributed by atoms with Crippen molar-refractivity contribution in [2.75, 3.05) is 14.2 Å². The van der Waals surface area contributed by atoms with Gasteiger partial charge in [-0.3, -0.25) is 9.59 Å². The summed E-state index contributed by atoms with van der Waals surface area (Å²) in [7, 11) is 2.55. The molecule has 1 atom stereocenters. The molecule has 0 heterocycles. The topological polar surface area (TPSA) is 52.6 Å². The van der Waals surface area contributed by atoms with Gasteiger partial charge in [0.2, 0.25) is 0 Å². The Hall–Kier alpha value is -1.58. The zero-order chi connectivity index (χ0) is 12.0. The van der Waals surface area contributed by atoms with Crippen LogP contribution in [-0.2, 0) is 19.1 Å². The Balaban J connectivity index is 2.83. The van der Waals surface area contributed by atoms with Crippen molar-refractivity contribution in [2.24, 2.45) is 11.8 Å². The van der Waals surface area contributed by atoms with Gasteiger partial charge in [-0.25, -0.2) is 0 Å². The molecule has 0 radical (unpaired) electrons. The Morgan fingerprint density at radius 1 is 1.19 bits per heavy atom. The van der Waals surface area contributed by atoms with Gasteiger partial charge in [0.25, 0.3) is 0 Å². The maximum atomic E-state index is 11.5. The van der Waals surface area contributed by atoms with Gasteiger partial charge in [-0.1, -0.05) is 24.3 Å². The van der Waals surface area contributed by atoms with E-state index in [2.05, 4.69) is 9.47 Å². The molecule has 0 N–H and O–H groups in total. The van der Waals surface area contributed by atoms with Gasteiger partial charge in [-0.05, 0) is 12.8 Å². The normalized spacial score (nSPS) is 19.3. The molecule has 0 aromatic carbocycles. The molecule has 4 nitrogen and oxygen atoms in total. The van der Waals surface area contributed by atoms with Crippen molar-refractivity contribution >= 4 is 11.9 Å². The molecule has 0 fully saturated rings. The third-order valence-electron chi connectivity index (χ3n) is 2.61. The quantitative estimate of drug-likeness (QED) is 0.538. The monoisotopic (exact) mass is 224 g/mol. The fraction of sp³-hybridized carbons (Fsp3) is 0.500. The molecule has 0 bridgehead atoms. The molecule has 0 spiro atoms. The van der Waals surface area contributed by atoms with E-state index in [1.807, 2.05) is 24.3 Å².